The quantitative estimate of drug-likeness (QED) is 0.353. The van der Waals surface area contributed by atoms with Crippen LogP contribution in [0.1, 0.15) is 42.4 Å². The first kappa shape index (κ1) is 26.4. The molecule has 6 atom stereocenters. The number of hydrogen-bond donors (Lipinski definition) is 1. The van der Waals surface area contributed by atoms with Gasteiger partial charge in [0, 0.05) is 5.92 Å². The average Bonchev–Trinajstić information content (AvgIpc) is 3.35. The van der Waals surface area contributed by atoms with Gasteiger partial charge in [-0.15, -0.1) is 0 Å². The third-order valence-corrected chi connectivity index (χ3v) is 10.1. The van der Waals surface area contributed by atoms with Gasteiger partial charge >= 0.3 is 0 Å². The van der Waals surface area contributed by atoms with Crippen LogP contribution in [0.15, 0.2) is 90.5 Å². The van der Waals surface area contributed by atoms with E-state index in [0.717, 1.165) is 16.7 Å². The third kappa shape index (κ3) is 3.65. The molecule has 3 aromatic rings. The summed E-state index contributed by atoms with van der Waals surface area (Å²) in [6.45, 7) is 3.90. The van der Waals surface area contributed by atoms with E-state index in [4.69, 9.17) is 0 Å². The van der Waals surface area contributed by atoms with E-state index >= 15 is 0 Å². The molecular formula is C35H32N2O5. The van der Waals surface area contributed by atoms with Crippen LogP contribution in [0.3, 0.4) is 0 Å². The largest absolute Gasteiger partial charge is 0.508 e. The molecule has 3 fully saturated rings. The molecule has 0 radical (unpaired) electrons. The Labute approximate surface area is 244 Å². The highest BCUT2D eigenvalue weighted by Crippen LogP contribution is 2.63. The fourth-order valence-corrected chi connectivity index (χ4v) is 8.06. The van der Waals surface area contributed by atoms with Crippen molar-refractivity contribution in [3.63, 3.8) is 0 Å². The van der Waals surface area contributed by atoms with Crippen LogP contribution in [0.25, 0.3) is 0 Å². The number of likely N-dealkylation sites (tertiary alicyclic amines) is 1. The minimum Gasteiger partial charge on any atom is -0.508 e. The summed E-state index contributed by atoms with van der Waals surface area (Å²) < 4.78 is 0. The number of fused-ring (bicyclic) bond motifs is 4. The monoisotopic (exact) mass is 560 g/mol. The van der Waals surface area contributed by atoms with Crippen molar-refractivity contribution < 1.29 is 24.3 Å². The van der Waals surface area contributed by atoms with Crippen LogP contribution in [-0.4, -0.2) is 33.6 Å². The molecular weight excluding hydrogens is 528 g/mol. The van der Waals surface area contributed by atoms with Crippen molar-refractivity contribution >= 4 is 29.3 Å². The molecule has 1 N–H and O–H groups in total. The fourth-order valence-electron chi connectivity index (χ4n) is 8.06. The number of phenolic OH excluding ortho intramolecular Hbond substituents is 1. The van der Waals surface area contributed by atoms with Crippen LogP contribution in [0.5, 0.6) is 5.75 Å². The van der Waals surface area contributed by atoms with Crippen LogP contribution in [-0.2, 0) is 25.7 Å². The molecule has 2 aliphatic carbocycles. The zero-order valence-electron chi connectivity index (χ0n) is 23.6. The number of aromatic hydroxyl groups is 1. The number of phenols is 1. The number of rotatable bonds is 4. The van der Waals surface area contributed by atoms with Gasteiger partial charge in [-0.05, 0) is 67.5 Å². The second-order valence-electron chi connectivity index (χ2n) is 12.3. The first-order valence-corrected chi connectivity index (χ1v) is 14.5. The van der Waals surface area contributed by atoms with Crippen molar-refractivity contribution in [1.82, 2.24) is 4.90 Å². The highest BCUT2D eigenvalue weighted by atomic mass is 16.3. The molecule has 7 nitrogen and oxygen atoms in total. The Morgan fingerprint density at radius 1 is 0.857 bits per heavy atom. The standard InChI is InChI=1S/C35H32N2O5/c1-20-17-22(13-16-28(20)38)30-24-14-15-25-29(33(41)36(31(25)39)19-21-9-5-3-6-10-21)26(24)18-27-32(40)37(34(42)35(27,30)2)23-11-7-4-8-12-23/h3-14,16-17,25-27,29-30,38H,15,18-19H2,1-2H3/t25-,26+,27-,29-,30-,35+/m0/s1. The lowest BCUT2D eigenvalue weighted by Crippen LogP contribution is -2.48. The summed E-state index contributed by atoms with van der Waals surface area (Å²) in [5, 5.41) is 10.3. The van der Waals surface area contributed by atoms with Crippen LogP contribution >= 0.6 is 0 Å². The lowest BCUT2D eigenvalue weighted by atomic mass is 9.51. The number of benzene rings is 3. The topological polar surface area (TPSA) is 95.0 Å². The Kier molecular flexibility index (Phi) is 5.98. The van der Waals surface area contributed by atoms with Crippen molar-refractivity contribution in [3.05, 3.63) is 107 Å². The molecule has 42 heavy (non-hydrogen) atoms. The number of anilines is 1. The number of aryl methyl sites for hydroxylation is 1. The van der Waals surface area contributed by atoms with Gasteiger partial charge in [-0.25, -0.2) is 4.90 Å². The summed E-state index contributed by atoms with van der Waals surface area (Å²) in [5.74, 6) is -3.34. The molecule has 3 aromatic carbocycles. The SMILES string of the molecule is Cc1cc([C@H]2C3=CC[C@@H]4C(=O)N(Cc5ccccc5)C(=O)[C@@H]4[C@@H]3C[C@H]3C(=O)N(c4ccccc4)C(=O)[C@@]23C)ccc1O. The molecule has 0 unspecified atom stereocenters. The number of imide groups is 2. The molecule has 7 heteroatoms. The Morgan fingerprint density at radius 2 is 1.55 bits per heavy atom. The van der Waals surface area contributed by atoms with E-state index < -0.39 is 29.1 Å². The Balaban J connectivity index is 1.34. The average molecular weight is 561 g/mol. The summed E-state index contributed by atoms with van der Waals surface area (Å²) in [6, 6.07) is 23.8. The lowest BCUT2D eigenvalue weighted by Gasteiger charge is -2.49. The predicted molar refractivity (Wildman–Crippen MR) is 156 cm³/mol. The summed E-state index contributed by atoms with van der Waals surface area (Å²) >= 11 is 0. The van der Waals surface area contributed by atoms with Gasteiger partial charge in [0.15, 0.2) is 0 Å². The van der Waals surface area contributed by atoms with E-state index in [9.17, 15) is 24.3 Å². The molecule has 2 aliphatic heterocycles. The summed E-state index contributed by atoms with van der Waals surface area (Å²) in [5.41, 5.74) is 2.75. The van der Waals surface area contributed by atoms with Gasteiger partial charge in [-0.2, -0.15) is 0 Å². The Bertz CT molecular complexity index is 1670. The molecule has 4 amide bonds. The van der Waals surface area contributed by atoms with Crippen LogP contribution in [0.4, 0.5) is 5.69 Å². The fraction of sp³-hybridized carbons (Fsp3) is 0.314. The van der Waals surface area contributed by atoms with Gasteiger partial charge in [0.05, 0.1) is 35.4 Å². The molecule has 0 spiro atoms. The molecule has 1 saturated carbocycles. The smallest absolute Gasteiger partial charge is 0.241 e. The zero-order valence-corrected chi connectivity index (χ0v) is 23.6. The molecule has 0 aromatic heterocycles. The maximum absolute atomic E-state index is 14.4. The van der Waals surface area contributed by atoms with Crippen molar-refractivity contribution in [2.45, 2.75) is 39.2 Å². The van der Waals surface area contributed by atoms with Gasteiger partial charge < -0.3 is 5.11 Å². The van der Waals surface area contributed by atoms with E-state index in [1.54, 1.807) is 30.3 Å². The number of nitrogens with zero attached hydrogens (tertiary/aromatic N) is 2. The zero-order chi connectivity index (χ0) is 29.3. The number of para-hydroxylation sites is 1. The second-order valence-corrected chi connectivity index (χ2v) is 12.3. The van der Waals surface area contributed by atoms with E-state index in [0.29, 0.717) is 24.1 Å². The first-order valence-electron chi connectivity index (χ1n) is 14.5. The maximum atomic E-state index is 14.4. The van der Waals surface area contributed by atoms with E-state index in [2.05, 4.69) is 6.08 Å². The van der Waals surface area contributed by atoms with Gasteiger partial charge in [0.1, 0.15) is 5.75 Å². The van der Waals surface area contributed by atoms with Crippen LogP contribution in [0.2, 0.25) is 0 Å². The molecule has 0 bridgehead atoms. The molecule has 4 aliphatic rings. The lowest BCUT2D eigenvalue weighted by molar-refractivity contribution is -0.141. The second kappa shape index (κ2) is 9.51. The number of carbonyl (C=O) groups excluding carboxylic acids is 4. The molecule has 7 rings (SSSR count). The number of carbonyl (C=O) groups is 4. The molecule has 2 saturated heterocycles. The number of allylic oxidation sites excluding steroid dienone is 2. The normalized spacial score (nSPS) is 30.2. The van der Waals surface area contributed by atoms with Crippen molar-refractivity contribution in [2.75, 3.05) is 4.90 Å². The maximum Gasteiger partial charge on any atom is 0.241 e. The highest BCUT2D eigenvalue weighted by molar-refractivity contribution is 6.24. The third-order valence-electron chi connectivity index (χ3n) is 10.1. The van der Waals surface area contributed by atoms with E-state index in [1.807, 2.05) is 62.4 Å². The van der Waals surface area contributed by atoms with Crippen LogP contribution < -0.4 is 4.90 Å². The van der Waals surface area contributed by atoms with Crippen LogP contribution in [0, 0.1) is 36.0 Å². The summed E-state index contributed by atoms with van der Waals surface area (Å²) in [7, 11) is 0. The highest BCUT2D eigenvalue weighted by Gasteiger charge is 2.67. The number of hydrogen-bond acceptors (Lipinski definition) is 5. The van der Waals surface area contributed by atoms with Crippen molar-refractivity contribution in [1.29, 1.82) is 0 Å². The summed E-state index contributed by atoms with van der Waals surface area (Å²) in [6.07, 6.45) is 2.79. The summed E-state index contributed by atoms with van der Waals surface area (Å²) in [4.78, 5) is 58.9. The van der Waals surface area contributed by atoms with E-state index in [-0.39, 0.29) is 41.8 Å². The number of amides is 4. The molecule has 2 heterocycles. The minimum absolute atomic E-state index is 0.151. The van der Waals surface area contributed by atoms with Gasteiger partial charge in [0.2, 0.25) is 23.6 Å². The van der Waals surface area contributed by atoms with Crippen molar-refractivity contribution in [3.8, 4) is 5.75 Å². The van der Waals surface area contributed by atoms with Gasteiger partial charge in [-0.3, -0.25) is 24.1 Å². The minimum atomic E-state index is -1.10. The van der Waals surface area contributed by atoms with E-state index in [1.165, 1.54) is 9.80 Å². The van der Waals surface area contributed by atoms with Gasteiger partial charge in [0.25, 0.3) is 0 Å². The Morgan fingerprint density at radius 3 is 2.24 bits per heavy atom. The van der Waals surface area contributed by atoms with Crippen molar-refractivity contribution in [2.24, 2.45) is 29.1 Å². The predicted octanol–water partition coefficient (Wildman–Crippen LogP) is 5.13. The van der Waals surface area contributed by atoms with Gasteiger partial charge in [-0.1, -0.05) is 72.3 Å². The first-order chi connectivity index (χ1) is 20.2. The Hall–Kier alpha value is -4.52. The molecule has 212 valence electrons.